The van der Waals surface area contributed by atoms with E-state index in [-0.39, 0.29) is 12.4 Å². The smallest absolute Gasteiger partial charge is 0.120 e. The maximum atomic E-state index is 5.58. The van der Waals surface area contributed by atoms with Crippen LogP contribution in [0.15, 0.2) is 36.9 Å². The van der Waals surface area contributed by atoms with E-state index in [1.807, 2.05) is 6.07 Å². The summed E-state index contributed by atoms with van der Waals surface area (Å²) in [5.74, 6) is 0.930. The molecule has 0 amide bonds. The summed E-state index contributed by atoms with van der Waals surface area (Å²) in [6.45, 7) is 7.56. The summed E-state index contributed by atoms with van der Waals surface area (Å²) in [6, 6.07) is 9.00. The number of likely N-dealkylation sites (tertiary alicyclic amines) is 1. The van der Waals surface area contributed by atoms with Crippen molar-refractivity contribution >= 4 is 12.4 Å². The van der Waals surface area contributed by atoms with Crippen LogP contribution in [0.1, 0.15) is 18.4 Å². The number of halogens is 1. The molecule has 1 heterocycles. The Bertz CT molecular complexity index is 411. The van der Waals surface area contributed by atoms with Crippen LogP contribution in [0.4, 0.5) is 0 Å². The summed E-state index contributed by atoms with van der Waals surface area (Å²) in [5, 5.41) is 3.38. The third-order valence-corrected chi connectivity index (χ3v) is 3.59. The predicted molar refractivity (Wildman–Crippen MR) is 86.7 cm³/mol. The number of hydrogen-bond donors (Lipinski definition) is 1. The van der Waals surface area contributed by atoms with Crippen molar-refractivity contribution in [3.63, 3.8) is 0 Å². The van der Waals surface area contributed by atoms with E-state index in [9.17, 15) is 0 Å². The van der Waals surface area contributed by atoms with Gasteiger partial charge in [-0.15, -0.1) is 12.4 Å². The molecule has 0 spiro atoms. The van der Waals surface area contributed by atoms with Gasteiger partial charge in [-0.05, 0) is 44.1 Å². The number of rotatable bonds is 6. The third-order valence-electron chi connectivity index (χ3n) is 3.59. The molecule has 1 saturated heterocycles. The van der Waals surface area contributed by atoms with Gasteiger partial charge in [-0.25, -0.2) is 0 Å². The third kappa shape index (κ3) is 5.16. The Morgan fingerprint density at radius 2 is 2.35 bits per heavy atom. The van der Waals surface area contributed by atoms with Gasteiger partial charge in [0.25, 0.3) is 0 Å². The molecule has 2 rings (SSSR count). The van der Waals surface area contributed by atoms with E-state index in [0.717, 1.165) is 18.8 Å². The van der Waals surface area contributed by atoms with Crippen molar-refractivity contribution in [3.8, 4) is 5.75 Å². The second kappa shape index (κ2) is 9.01. The second-order valence-electron chi connectivity index (χ2n) is 5.11. The van der Waals surface area contributed by atoms with E-state index >= 15 is 0 Å². The number of benzene rings is 1. The van der Waals surface area contributed by atoms with E-state index < -0.39 is 0 Å². The lowest BCUT2D eigenvalue weighted by molar-refractivity contribution is 0.188. The van der Waals surface area contributed by atoms with Crippen LogP contribution in [0.3, 0.4) is 0 Å². The number of hydrogen-bond acceptors (Lipinski definition) is 3. The minimum absolute atomic E-state index is 0. The van der Waals surface area contributed by atoms with Crippen molar-refractivity contribution < 1.29 is 4.74 Å². The fourth-order valence-corrected chi connectivity index (χ4v) is 2.58. The number of piperidine rings is 1. The zero-order chi connectivity index (χ0) is 13.5. The first-order valence-electron chi connectivity index (χ1n) is 7.04. The molecule has 1 aromatic carbocycles. The monoisotopic (exact) mass is 296 g/mol. The van der Waals surface area contributed by atoms with Crippen LogP contribution < -0.4 is 10.1 Å². The molecule has 0 bridgehead atoms. The lowest BCUT2D eigenvalue weighted by atomic mass is 10.1. The molecule has 1 N–H and O–H groups in total. The van der Waals surface area contributed by atoms with Crippen molar-refractivity contribution in [1.29, 1.82) is 0 Å². The molecule has 1 aliphatic heterocycles. The minimum atomic E-state index is 0. The van der Waals surface area contributed by atoms with Crippen LogP contribution in [-0.2, 0) is 6.54 Å². The molecular weight excluding hydrogens is 272 g/mol. The number of nitrogens with one attached hydrogen (secondary N) is 1. The van der Waals surface area contributed by atoms with Gasteiger partial charge >= 0.3 is 0 Å². The summed E-state index contributed by atoms with van der Waals surface area (Å²) in [7, 11) is 2.05. The van der Waals surface area contributed by atoms with Crippen LogP contribution in [-0.4, -0.2) is 37.7 Å². The van der Waals surface area contributed by atoms with Crippen molar-refractivity contribution in [1.82, 2.24) is 10.2 Å². The molecule has 0 saturated carbocycles. The highest BCUT2D eigenvalue weighted by Crippen LogP contribution is 2.17. The zero-order valence-corrected chi connectivity index (χ0v) is 13.0. The Morgan fingerprint density at radius 3 is 3.10 bits per heavy atom. The van der Waals surface area contributed by atoms with Gasteiger partial charge in [0.1, 0.15) is 12.4 Å². The Hall–Kier alpha value is -1.03. The standard InChI is InChI=1S/C16H24N2O.ClH/c1-3-10-19-16-8-4-6-14(11-16)12-18-9-5-7-15(13-18)17-2;/h3-4,6,8,11,15,17H,1,5,7,9-10,12-13H2,2H3;1H. The van der Waals surface area contributed by atoms with Crippen LogP contribution in [0.25, 0.3) is 0 Å². The molecule has 1 fully saturated rings. The topological polar surface area (TPSA) is 24.5 Å². The molecule has 112 valence electrons. The highest BCUT2D eigenvalue weighted by atomic mass is 35.5. The van der Waals surface area contributed by atoms with Crippen molar-refractivity contribution in [3.05, 3.63) is 42.5 Å². The molecule has 3 nitrogen and oxygen atoms in total. The lowest BCUT2D eigenvalue weighted by Crippen LogP contribution is -2.43. The molecule has 4 heteroatoms. The highest BCUT2D eigenvalue weighted by Gasteiger charge is 2.18. The quantitative estimate of drug-likeness (QED) is 0.817. The predicted octanol–water partition coefficient (Wildman–Crippen LogP) is 2.86. The van der Waals surface area contributed by atoms with Gasteiger partial charge in [-0.3, -0.25) is 4.90 Å². The fourth-order valence-electron chi connectivity index (χ4n) is 2.58. The summed E-state index contributed by atoms with van der Waals surface area (Å²) in [5.41, 5.74) is 1.32. The maximum absolute atomic E-state index is 5.58. The normalized spacial score (nSPS) is 19.1. The Kier molecular flexibility index (Phi) is 7.67. The Balaban J connectivity index is 0.00000200. The summed E-state index contributed by atoms with van der Waals surface area (Å²) in [4.78, 5) is 2.51. The van der Waals surface area contributed by atoms with Crippen LogP contribution in [0, 0.1) is 0 Å². The van der Waals surface area contributed by atoms with E-state index in [2.05, 4.69) is 42.0 Å². The molecule has 1 aromatic rings. The van der Waals surface area contributed by atoms with Gasteiger partial charge < -0.3 is 10.1 Å². The number of likely N-dealkylation sites (N-methyl/N-ethyl adjacent to an activating group) is 1. The average molecular weight is 297 g/mol. The van der Waals surface area contributed by atoms with Gasteiger partial charge in [0, 0.05) is 19.1 Å². The molecule has 0 radical (unpaired) electrons. The zero-order valence-electron chi connectivity index (χ0n) is 12.2. The van der Waals surface area contributed by atoms with E-state index in [1.54, 1.807) is 6.08 Å². The molecule has 1 aliphatic rings. The second-order valence-corrected chi connectivity index (χ2v) is 5.11. The van der Waals surface area contributed by atoms with Gasteiger partial charge in [-0.1, -0.05) is 24.8 Å². The first-order chi connectivity index (χ1) is 9.31. The van der Waals surface area contributed by atoms with Gasteiger partial charge in [0.15, 0.2) is 0 Å². The van der Waals surface area contributed by atoms with Crippen molar-refractivity contribution in [2.45, 2.75) is 25.4 Å². The van der Waals surface area contributed by atoms with Crippen molar-refractivity contribution in [2.75, 3.05) is 26.7 Å². The van der Waals surface area contributed by atoms with E-state index in [0.29, 0.717) is 12.6 Å². The van der Waals surface area contributed by atoms with Crippen LogP contribution >= 0.6 is 12.4 Å². The van der Waals surface area contributed by atoms with Gasteiger partial charge in [0.2, 0.25) is 0 Å². The van der Waals surface area contributed by atoms with E-state index in [1.165, 1.54) is 24.9 Å². The van der Waals surface area contributed by atoms with Gasteiger partial charge in [-0.2, -0.15) is 0 Å². The van der Waals surface area contributed by atoms with Crippen LogP contribution in [0.2, 0.25) is 0 Å². The number of nitrogens with zero attached hydrogens (tertiary/aromatic N) is 1. The van der Waals surface area contributed by atoms with Crippen molar-refractivity contribution in [2.24, 2.45) is 0 Å². The Labute approximate surface area is 128 Å². The summed E-state index contributed by atoms with van der Waals surface area (Å²) in [6.07, 6.45) is 4.34. The molecule has 20 heavy (non-hydrogen) atoms. The van der Waals surface area contributed by atoms with Crippen LogP contribution in [0.5, 0.6) is 5.75 Å². The molecular formula is C16H25ClN2O. The summed E-state index contributed by atoms with van der Waals surface area (Å²) >= 11 is 0. The first-order valence-corrected chi connectivity index (χ1v) is 7.04. The van der Waals surface area contributed by atoms with Gasteiger partial charge in [0.05, 0.1) is 0 Å². The summed E-state index contributed by atoms with van der Waals surface area (Å²) < 4.78 is 5.58. The lowest BCUT2D eigenvalue weighted by Gasteiger charge is -2.32. The molecule has 0 aliphatic carbocycles. The fraction of sp³-hybridized carbons (Fsp3) is 0.500. The first kappa shape index (κ1) is 17.0. The largest absolute Gasteiger partial charge is 0.490 e. The average Bonchev–Trinajstić information content (AvgIpc) is 2.46. The highest BCUT2D eigenvalue weighted by molar-refractivity contribution is 5.85. The molecule has 1 unspecified atom stereocenters. The molecule has 1 atom stereocenters. The maximum Gasteiger partial charge on any atom is 0.120 e. The molecule has 0 aromatic heterocycles. The SMILES string of the molecule is C=CCOc1cccc(CN2CCCC(NC)C2)c1.Cl. The van der Waals surface area contributed by atoms with E-state index in [4.69, 9.17) is 4.74 Å². The Morgan fingerprint density at radius 1 is 1.50 bits per heavy atom. The minimum Gasteiger partial charge on any atom is -0.490 e. The number of ether oxygens (including phenoxy) is 1.